The third-order valence-corrected chi connectivity index (χ3v) is 3.55. The second-order valence-corrected chi connectivity index (χ2v) is 5.31. The smallest absolute Gasteiger partial charge is 0.410 e. The van der Waals surface area contributed by atoms with Gasteiger partial charge < -0.3 is 15.4 Å². The van der Waals surface area contributed by atoms with E-state index in [-0.39, 0.29) is 6.09 Å². The molecule has 5 nitrogen and oxygen atoms in total. The predicted molar refractivity (Wildman–Crippen MR) is 78.7 cm³/mol. The van der Waals surface area contributed by atoms with E-state index in [2.05, 4.69) is 11.8 Å². The molecule has 1 aliphatic heterocycles. The van der Waals surface area contributed by atoms with Gasteiger partial charge in [-0.1, -0.05) is 25.1 Å². The van der Waals surface area contributed by atoms with Gasteiger partial charge in [-0.3, -0.25) is 4.90 Å². The highest BCUT2D eigenvalue weighted by molar-refractivity contribution is 5.70. The number of nitrogens with two attached hydrogens (primary N) is 1. The molecule has 0 saturated carbocycles. The predicted octanol–water partition coefficient (Wildman–Crippen LogP) is 1.40. The van der Waals surface area contributed by atoms with Gasteiger partial charge in [0.1, 0.15) is 5.75 Å². The minimum atomic E-state index is -0.261. The summed E-state index contributed by atoms with van der Waals surface area (Å²) in [6.45, 7) is 7.04. The number of hydrogen-bond acceptors (Lipinski definition) is 4. The molecule has 1 aromatic carbocycles. The van der Waals surface area contributed by atoms with Gasteiger partial charge in [-0.25, -0.2) is 4.79 Å². The zero-order valence-corrected chi connectivity index (χ0v) is 12.0. The molecule has 1 atom stereocenters. The van der Waals surface area contributed by atoms with E-state index in [1.165, 1.54) is 0 Å². The Morgan fingerprint density at radius 2 is 1.90 bits per heavy atom. The molecule has 0 aromatic heterocycles. The second-order valence-electron chi connectivity index (χ2n) is 5.31. The summed E-state index contributed by atoms with van der Waals surface area (Å²) in [6.07, 6.45) is -0.261. The maximum atomic E-state index is 12.0. The first kappa shape index (κ1) is 14.8. The summed E-state index contributed by atoms with van der Waals surface area (Å²) < 4.78 is 5.34. The van der Waals surface area contributed by atoms with E-state index in [0.717, 1.165) is 19.6 Å². The van der Waals surface area contributed by atoms with Gasteiger partial charge in [0.05, 0.1) is 0 Å². The first-order chi connectivity index (χ1) is 9.69. The van der Waals surface area contributed by atoms with Crippen molar-refractivity contribution in [1.29, 1.82) is 0 Å². The van der Waals surface area contributed by atoms with E-state index in [4.69, 9.17) is 10.5 Å². The van der Waals surface area contributed by atoms with Crippen LogP contribution in [0.4, 0.5) is 4.79 Å². The lowest BCUT2D eigenvalue weighted by Gasteiger charge is -2.35. The van der Waals surface area contributed by atoms with Crippen molar-refractivity contribution in [2.24, 2.45) is 11.7 Å². The maximum Gasteiger partial charge on any atom is 0.415 e. The lowest BCUT2D eigenvalue weighted by atomic mass is 10.1. The lowest BCUT2D eigenvalue weighted by molar-refractivity contribution is 0.105. The number of para-hydroxylation sites is 1. The third kappa shape index (κ3) is 4.21. The molecule has 0 aliphatic carbocycles. The first-order valence-electron chi connectivity index (χ1n) is 7.13. The van der Waals surface area contributed by atoms with Gasteiger partial charge in [0.15, 0.2) is 0 Å². The minimum absolute atomic E-state index is 0.261. The highest BCUT2D eigenvalue weighted by atomic mass is 16.6. The van der Waals surface area contributed by atoms with Gasteiger partial charge in [0.2, 0.25) is 0 Å². The van der Waals surface area contributed by atoms with Crippen molar-refractivity contribution in [2.75, 3.05) is 39.3 Å². The molecular weight excluding hydrogens is 254 g/mol. The van der Waals surface area contributed by atoms with Crippen molar-refractivity contribution in [3.05, 3.63) is 30.3 Å². The molecule has 0 bridgehead atoms. The molecule has 2 rings (SSSR count). The SMILES string of the molecule is CC(CN)CN1CCN(C(=O)Oc2ccccc2)CC1. The van der Waals surface area contributed by atoms with Crippen LogP contribution in [-0.2, 0) is 0 Å². The minimum Gasteiger partial charge on any atom is -0.410 e. The van der Waals surface area contributed by atoms with Crippen molar-refractivity contribution in [3.63, 3.8) is 0 Å². The van der Waals surface area contributed by atoms with Crippen LogP contribution in [0.1, 0.15) is 6.92 Å². The Morgan fingerprint density at radius 3 is 2.50 bits per heavy atom. The molecule has 0 radical (unpaired) electrons. The topological polar surface area (TPSA) is 58.8 Å². The van der Waals surface area contributed by atoms with Gasteiger partial charge in [-0.15, -0.1) is 0 Å². The van der Waals surface area contributed by atoms with Gasteiger partial charge in [-0.05, 0) is 24.6 Å². The summed E-state index contributed by atoms with van der Waals surface area (Å²) in [7, 11) is 0. The molecule has 1 aliphatic rings. The number of hydrogen-bond donors (Lipinski definition) is 1. The average Bonchev–Trinajstić information content (AvgIpc) is 2.49. The van der Waals surface area contributed by atoms with Crippen LogP contribution in [-0.4, -0.2) is 55.2 Å². The van der Waals surface area contributed by atoms with Crippen LogP contribution >= 0.6 is 0 Å². The summed E-state index contributed by atoms with van der Waals surface area (Å²) in [6, 6.07) is 9.19. The molecule has 20 heavy (non-hydrogen) atoms. The highest BCUT2D eigenvalue weighted by Gasteiger charge is 2.23. The number of carbonyl (C=O) groups excluding carboxylic acids is 1. The Kier molecular flexibility index (Phi) is 5.38. The maximum absolute atomic E-state index is 12.0. The zero-order chi connectivity index (χ0) is 14.4. The van der Waals surface area contributed by atoms with Crippen LogP contribution in [0.15, 0.2) is 30.3 Å². The van der Waals surface area contributed by atoms with E-state index in [9.17, 15) is 4.79 Å². The fraction of sp³-hybridized carbons (Fsp3) is 0.533. The number of rotatable bonds is 4. The highest BCUT2D eigenvalue weighted by Crippen LogP contribution is 2.12. The molecule has 0 spiro atoms. The van der Waals surface area contributed by atoms with Crippen LogP contribution in [0.3, 0.4) is 0 Å². The zero-order valence-electron chi connectivity index (χ0n) is 12.0. The first-order valence-corrected chi connectivity index (χ1v) is 7.13. The van der Waals surface area contributed by atoms with E-state index in [1.807, 2.05) is 18.2 Å². The number of nitrogens with zero attached hydrogens (tertiary/aromatic N) is 2. The molecule has 5 heteroatoms. The van der Waals surface area contributed by atoms with Crippen molar-refractivity contribution >= 4 is 6.09 Å². The van der Waals surface area contributed by atoms with E-state index >= 15 is 0 Å². The third-order valence-electron chi connectivity index (χ3n) is 3.55. The fourth-order valence-corrected chi connectivity index (χ4v) is 2.28. The fourth-order valence-electron chi connectivity index (χ4n) is 2.28. The summed E-state index contributed by atoms with van der Waals surface area (Å²) in [5.74, 6) is 1.09. The number of ether oxygens (including phenoxy) is 1. The van der Waals surface area contributed by atoms with Crippen molar-refractivity contribution in [3.8, 4) is 5.75 Å². The number of piperazine rings is 1. The Labute approximate surface area is 120 Å². The van der Waals surface area contributed by atoms with Crippen LogP contribution in [0.5, 0.6) is 5.75 Å². The molecule has 1 amide bonds. The molecule has 110 valence electrons. The summed E-state index contributed by atoms with van der Waals surface area (Å²) in [5, 5.41) is 0. The molecule has 2 N–H and O–H groups in total. The standard InChI is InChI=1S/C15H23N3O2/c1-13(11-16)12-17-7-9-18(10-8-17)15(19)20-14-5-3-2-4-6-14/h2-6,13H,7-12,16H2,1H3. The average molecular weight is 277 g/mol. The van der Waals surface area contributed by atoms with Crippen LogP contribution in [0, 0.1) is 5.92 Å². The Balaban J connectivity index is 1.77. The molecule has 1 fully saturated rings. The van der Waals surface area contributed by atoms with E-state index in [0.29, 0.717) is 31.3 Å². The van der Waals surface area contributed by atoms with Gasteiger partial charge >= 0.3 is 6.09 Å². The Hall–Kier alpha value is -1.59. The van der Waals surface area contributed by atoms with E-state index in [1.54, 1.807) is 17.0 Å². The molecule has 1 unspecified atom stereocenters. The van der Waals surface area contributed by atoms with Crippen LogP contribution in [0.2, 0.25) is 0 Å². The molecule has 1 aromatic rings. The molecule has 1 saturated heterocycles. The van der Waals surface area contributed by atoms with Gasteiger partial charge in [-0.2, -0.15) is 0 Å². The monoisotopic (exact) mass is 277 g/mol. The summed E-state index contributed by atoms with van der Waals surface area (Å²) >= 11 is 0. The quantitative estimate of drug-likeness (QED) is 0.903. The van der Waals surface area contributed by atoms with Crippen molar-refractivity contribution in [1.82, 2.24) is 9.80 Å². The van der Waals surface area contributed by atoms with Crippen LogP contribution in [0.25, 0.3) is 0 Å². The van der Waals surface area contributed by atoms with Crippen molar-refractivity contribution in [2.45, 2.75) is 6.92 Å². The number of amides is 1. The molecule has 1 heterocycles. The summed E-state index contributed by atoms with van der Waals surface area (Å²) in [4.78, 5) is 16.1. The van der Waals surface area contributed by atoms with Gasteiger partial charge in [0.25, 0.3) is 0 Å². The normalized spacial score (nSPS) is 17.8. The largest absolute Gasteiger partial charge is 0.415 e. The summed E-state index contributed by atoms with van der Waals surface area (Å²) in [5.41, 5.74) is 5.64. The number of carbonyl (C=O) groups is 1. The second kappa shape index (κ2) is 7.26. The van der Waals surface area contributed by atoms with E-state index < -0.39 is 0 Å². The lowest BCUT2D eigenvalue weighted by Crippen LogP contribution is -2.50. The molecular formula is C15H23N3O2. The van der Waals surface area contributed by atoms with Gasteiger partial charge in [0, 0.05) is 32.7 Å². The Morgan fingerprint density at radius 1 is 1.25 bits per heavy atom. The van der Waals surface area contributed by atoms with Crippen LogP contribution < -0.4 is 10.5 Å². The van der Waals surface area contributed by atoms with Crippen molar-refractivity contribution < 1.29 is 9.53 Å². The number of benzene rings is 1. The Bertz CT molecular complexity index is 416.